The van der Waals surface area contributed by atoms with Gasteiger partial charge < -0.3 is 5.32 Å². The molecule has 1 nitrogen and oxygen atoms in total. The van der Waals surface area contributed by atoms with Crippen LogP contribution in [0.2, 0.25) is 0 Å². The van der Waals surface area contributed by atoms with E-state index in [4.69, 9.17) is 0 Å². The SMILES string of the molecule is CNCC(C)(F)C1CC1. The summed E-state index contributed by atoms with van der Waals surface area (Å²) in [4.78, 5) is 0. The fraction of sp³-hybridized carbons (Fsp3) is 1.00. The minimum atomic E-state index is -0.950. The van der Waals surface area contributed by atoms with Crippen molar-refractivity contribution < 1.29 is 4.39 Å². The van der Waals surface area contributed by atoms with Crippen LogP contribution in [0.4, 0.5) is 4.39 Å². The Morgan fingerprint density at radius 3 is 2.56 bits per heavy atom. The molecule has 1 saturated carbocycles. The van der Waals surface area contributed by atoms with Crippen molar-refractivity contribution in [3.05, 3.63) is 0 Å². The number of alkyl halides is 1. The highest BCUT2D eigenvalue weighted by atomic mass is 19.1. The van der Waals surface area contributed by atoms with Crippen molar-refractivity contribution >= 4 is 0 Å². The molecule has 0 radical (unpaired) electrons. The molecule has 0 amide bonds. The summed E-state index contributed by atoms with van der Waals surface area (Å²) < 4.78 is 13.2. The Morgan fingerprint density at radius 1 is 1.67 bits per heavy atom. The molecule has 0 bridgehead atoms. The Hall–Kier alpha value is -0.110. The third kappa shape index (κ3) is 1.65. The molecule has 54 valence electrons. The van der Waals surface area contributed by atoms with Crippen molar-refractivity contribution in [3.63, 3.8) is 0 Å². The summed E-state index contributed by atoms with van der Waals surface area (Å²) in [6.45, 7) is 2.18. The van der Waals surface area contributed by atoms with Crippen LogP contribution in [-0.2, 0) is 0 Å². The first kappa shape index (κ1) is 7.00. The average molecular weight is 131 g/mol. The van der Waals surface area contributed by atoms with E-state index in [1.807, 2.05) is 0 Å². The Bertz CT molecular complexity index is 97.1. The van der Waals surface area contributed by atoms with Crippen LogP contribution in [0.5, 0.6) is 0 Å². The van der Waals surface area contributed by atoms with E-state index in [9.17, 15) is 4.39 Å². The van der Waals surface area contributed by atoms with Gasteiger partial charge in [0.25, 0.3) is 0 Å². The normalized spacial score (nSPS) is 25.7. The molecule has 0 aromatic heterocycles. The second kappa shape index (κ2) is 2.25. The second-order valence-electron chi connectivity index (χ2n) is 3.08. The summed E-state index contributed by atoms with van der Waals surface area (Å²) in [6, 6.07) is 0. The van der Waals surface area contributed by atoms with Crippen LogP contribution in [0.15, 0.2) is 0 Å². The molecular weight excluding hydrogens is 117 g/mol. The lowest BCUT2D eigenvalue weighted by Crippen LogP contribution is -2.33. The molecule has 1 aliphatic rings. The fourth-order valence-electron chi connectivity index (χ4n) is 1.18. The summed E-state index contributed by atoms with van der Waals surface area (Å²) in [5.41, 5.74) is -0.950. The van der Waals surface area contributed by atoms with Gasteiger partial charge in [-0.25, -0.2) is 4.39 Å². The fourth-order valence-corrected chi connectivity index (χ4v) is 1.18. The first-order chi connectivity index (χ1) is 4.17. The molecular formula is C7H14FN. The predicted molar refractivity (Wildman–Crippen MR) is 36.2 cm³/mol. The quantitative estimate of drug-likeness (QED) is 0.609. The zero-order valence-corrected chi connectivity index (χ0v) is 6.08. The summed E-state index contributed by atoms with van der Waals surface area (Å²) in [5.74, 6) is 0.338. The highest BCUT2D eigenvalue weighted by Crippen LogP contribution is 2.41. The molecule has 2 heteroatoms. The van der Waals surface area contributed by atoms with Gasteiger partial charge in [-0.05, 0) is 32.7 Å². The number of rotatable bonds is 3. The maximum Gasteiger partial charge on any atom is 0.123 e. The zero-order valence-electron chi connectivity index (χ0n) is 6.08. The number of nitrogens with one attached hydrogen (secondary N) is 1. The summed E-state index contributed by atoms with van der Waals surface area (Å²) in [6.07, 6.45) is 2.16. The van der Waals surface area contributed by atoms with Gasteiger partial charge >= 0.3 is 0 Å². The molecule has 0 aliphatic heterocycles. The van der Waals surface area contributed by atoms with Crippen molar-refractivity contribution in [2.75, 3.05) is 13.6 Å². The van der Waals surface area contributed by atoms with E-state index in [2.05, 4.69) is 5.32 Å². The largest absolute Gasteiger partial charge is 0.317 e. The van der Waals surface area contributed by atoms with E-state index >= 15 is 0 Å². The lowest BCUT2D eigenvalue weighted by atomic mass is 10.0. The van der Waals surface area contributed by atoms with Crippen molar-refractivity contribution in [2.24, 2.45) is 5.92 Å². The van der Waals surface area contributed by atoms with Gasteiger partial charge in [0.05, 0.1) is 0 Å². The highest BCUT2D eigenvalue weighted by Gasteiger charge is 2.41. The van der Waals surface area contributed by atoms with Crippen molar-refractivity contribution in [2.45, 2.75) is 25.4 Å². The van der Waals surface area contributed by atoms with E-state index in [1.54, 1.807) is 14.0 Å². The van der Waals surface area contributed by atoms with Crippen LogP contribution in [0.1, 0.15) is 19.8 Å². The Morgan fingerprint density at radius 2 is 2.22 bits per heavy atom. The zero-order chi connectivity index (χ0) is 6.91. The van der Waals surface area contributed by atoms with Crippen molar-refractivity contribution in [1.82, 2.24) is 5.32 Å². The maximum atomic E-state index is 13.2. The predicted octanol–water partition coefficient (Wildman–Crippen LogP) is 1.34. The van der Waals surface area contributed by atoms with E-state index in [0.717, 1.165) is 12.8 Å². The second-order valence-corrected chi connectivity index (χ2v) is 3.08. The Kier molecular flexibility index (Phi) is 1.75. The molecule has 1 N–H and O–H groups in total. The summed E-state index contributed by atoms with van der Waals surface area (Å²) in [5, 5.41) is 2.85. The van der Waals surface area contributed by atoms with Crippen molar-refractivity contribution in [3.8, 4) is 0 Å². The number of halogens is 1. The van der Waals surface area contributed by atoms with Gasteiger partial charge in [-0.15, -0.1) is 0 Å². The van der Waals surface area contributed by atoms with E-state index < -0.39 is 5.67 Å². The molecule has 1 atom stereocenters. The van der Waals surface area contributed by atoms with Gasteiger partial charge in [-0.2, -0.15) is 0 Å². The molecule has 0 aromatic carbocycles. The molecule has 1 fully saturated rings. The van der Waals surface area contributed by atoms with E-state index in [0.29, 0.717) is 12.5 Å². The van der Waals surface area contributed by atoms with E-state index in [-0.39, 0.29) is 0 Å². The average Bonchev–Trinajstić information content (AvgIpc) is 2.41. The monoisotopic (exact) mass is 131 g/mol. The maximum absolute atomic E-state index is 13.2. The number of hydrogen-bond acceptors (Lipinski definition) is 1. The van der Waals surface area contributed by atoms with Crippen LogP contribution < -0.4 is 5.32 Å². The molecule has 0 heterocycles. The van der Waals surface area contributed by atoms with Gasteiger partial charge in [0.1, 0.15) is 5.67 Å². The van der Waals surface area contributed by atoms with Crippen LogP contribution in [0.25, 0.3) is 0 Å². The first-order valence-corrected chi connectivity index (χ1v) is 3.50. The smallest absolute Gasteiger partial charge is 0.123 e. The molecule has 0 spiro atoms. The van der Waals surface area contributed by atoms with Gasteiger partial charge in [0, 0.05) is 6.54 Å². The lowest BCUT2D eigenvalue weighted by Gasteiger charge is -2.18. The molecule has 0 aromatic rings. The van der Waals surface area contributed by atoms with Crippen LogP contribution in [0.3, 0.4) is 0 Å². The van der Waals surface area contributed by atoms with Crippen LogP contribution in [0, 0.1) is 5.92 Å². The molecule has 0 saturated heterocycles. The molecule has 9 heavy (non-hydrogen) atoms. The minimum absolute atomic E-state index is 0.338. The van der Waals surface area contributed by atoms with Crippen molar-refractivity contribution in [1.29, 1.82) is 0 Å². The lowest BCUT2D eigenvalue weighted by molar-refractivity contribution is 0.157. The molecule has 1 rings (SSSR count). The summed E-state index contributed by atoms with van der Waals surface area (Å²) >= 11 is 0. The topological polar surface area (TPSA) is 12.0 Å². The number of hydrogen-bond donors (Lipinski definition) is 1. The summed E-state index contributed by atoms with van der Waals surface area (Å²) in [7, 11) is 1.79. The van der Waals surface area contributed by atoms with Crippen LogP contribution >= 0.6 is 0 Å². The Balaban J connectivity index is 2.30. The third-order valence-corrected chi connectivity index (χ3v) is 1.95. The van der Waals surface area contributed by atoms with Crippen LogP contribution in [-0.4, -0.2) is 19.3 Å². The van der Waals surface area contributed by atoms with Gasteiger partial charge in [0.2, 0.25) is 0 Å². The Labute approximate surface area is 55.6 Å². The van der Waals surface area contributed by atoms with Gasteiger partial charge in [0.15, 0.2) is 0 Å². The standard InChI is InChI=1S/C7H14FN/c1-7(8,5-9-2)6-3-4-6/h6,9H,3-5H2,1-2H3. The van der Waals surface area contributed by atoms with Gasteiger partial charge in [-0.3, -0.25) is 0 Å². The minimum Gasteiger partial charge on any atom is -0.317 e. The molecule has 1 unspecified atom stereocenters. The first-order valence-electron chi connectivity index (χ1n) is 3.50. The van der Waals surface area contributed by atoms with E-state index in [1.165, 1.54) is 0 Å². The third-order valence-electron chi connectivity index (χ3n) is 1.95. The highest BCUT2D eigenvalue weighted by molar-refractivity contribution is 4.92. The molecule has 1 aliphatic carbocycles. The van der Waals surface area contributed by atoms with Gasteiger partial charge in [-0.1, -0.05) is 0 Å².